The highest BCUT2D eigenvalue weighted by molar-refractivity contribution is 7.98. The predicted molar refractivity (Wildman–Crippen MR) is 150 cm³/mol. The zero-order valence-electron chi connectivity index (χ0n) is 21.9. The molecule has 0 fully saturated rings. The number of nitrogens with zero attached hydrogens (tertiary/aromatic N) is 4. The molecular weight excluding hydrogens is 498 g/mol. The Labute approximate surface area is 226 Å². The molecule has 1 aliphatic rings. The quantitative estimate of drug-likeness (QED) is 0.338. The number of nitrogens with one attached hydrogen (secondary N) is 1. The van der Waals surface area contributed by atoms with Gasteiger partial charge >= 0.3 is 0 Å². The molecule has 38 heavy (non-hydrogen) atoms. The molecule has 1 aliphatic heterocycles. The first-order valence-corrected chi connectivity index (χ1v) is 13.3. The maximum atomic E-state index is 9.93. The van der Waals surface area contributed by atoms with Crippen molar-refractivity contribution in [1.82, 2.24) is 20.1 Å². The molecule has 0 unspecified atom stereocenters. The monoisotopic (exact) mass is 529 g/mol. The molecule has 3 aromatic carbocycles. The van der Waals surface area contributed by atoms with E-state index in [-0.39, 0.29) is 5.91 Å². The second-order valence-electron chi connectivity index (χ2n) is 8.62. The van der Waals surface area contributed by atoms with Crippen LogP contribution in [0.4, 0.5) is 0 Å². The number of phenolic OH excluding ortho intramolecular Hbond substituents is 1. The van der Waals surface area contributed by atoms with Crippen LogP contribution in [0.3, 0.4) is 0 Å². The first kappa shape index (κ1) is 26.9. The molecule has 0 bridgehead atoms. The summed E-state index contributed by atoms with van der Waals surface area (Å²) in [6, 6.07) is 21.8. The Morgan fingerprint density at radius 1 is 1.11 bits per heavy atom. The van der Waals surface area contributed by atoms with E-state index in [2.05, 4.69) is 44.3 Å². The zero-order valence-corrected chi connectivity index (χ0v) is 22.7. The number of thioether (sulfide) groups is 1. The maximum Gasteiger partial charge on any atom is 0.216 e. The van der Waals surface area contributed by atoms with Crippen LogP contribution in [-0.4, -0.2) is 45.1 Å². The van der Waals surface area contributed by atoms with Gasteiger partial charge < -0.3 is 15.2 Å². The van der Waals surface area contributed by atoms with E-state index >= 15 is 0 Å². The summed E-state index contributed by atoms with van der Waals surface area (Å²) in [5.41, 5.74) is 5.03. The number of carbonyl (C=O) groups is 1. The van der Waals surface area contributed by atoms with Crippen LogP contribution in [0.5, 0.6) is 11.5 Å². The lowest BCUT2D eigenvalue weighted by Crippen LogP contribution is -2.18. The van der Waals surface area contributed by atoms with E-state index in [0.717, 1.165) is 62.7 Å². The molecule has 1 amide bonds. The van der Waals surface area contributed by atoms with Crippen molar-refractivity contribution in [2.75, 3.05) is 13.7 Å². The molecule has 1 aromatic heterocycles. The molecule has 0 aliphatic carbocycles. The number of ether oxygens (including phenoxy) is 1. The largest absolute Gasteiger partial charge is 0.508 e. The van der Waals surface area contributed by atoms with Gasteiger partial charge in [-0.25, -0.2) is 0 Å². The van der Waals surface area contributed by atoms with Crippen LogP contribution in [0.25, 0.3) is 5.69 Å². The Balaban J connectivity index is 0.000000505. The van der Waals surface area contributed by atoms with E-state index in [1.807, 2.05) is 44.2 Å². The number of rotatable bonds is 6. The fourth-order valence-electron chi connectivity index (χ4n) is 4.10. The second kappa shape index (κ2) is 12.4. The van der Waals surface area contributed by atoms with Gasteiger partial charge in [0.15, 0.2) is 5.82 Å². The topological polar surface area (TPSA) is 102 Å². The number of benzene rings is 3. The lowest BCUT2D eigenvalue weighted by molar-refractivity contribution is -0.118. The molecule has 2 N–H and O–H groups in total. The number of amides is 1. The minimum Gasteiger partial charge on any atom is -0.508 e. The molecule has 8 nitrogen and oxygen atoms in total. The number of aryl methyl sites for hydroxylation is 1. The third kappa shape index (κ3) is 6.41. The molecule has 196 valence electrons. The minimum atomic E-state index is 0.0394. The van der Waals surface area contributed by atoms with Crippen molar-refractivity contribution in [3.05, 3.63) is 95.1 Å². The fourth-order valence-corrected chi connectivity index (χ4v) is 4.94. The smallest absolute Gasteiger partial charge is 0.216 e. The lowest BCUT2D eigenvalue weighted by atomic mass is 10.00. The van der Waals surface area contributed by atoms with Crippen LogP contribution >= 0.6 is 11.8 Å². The summed E-state index contributed by atoms with van der Waals surface area (Å²) in [7, 11) is 1.67. The van der Waals surface area contributed by atoms with E-state index in [1.54, 1.807) is 31.0 Å². The average Bonchev–Trinajstić information content (AvgIpc) is 3.19. The highest BCUT2D eigenvalue weighted by Gasteiger charge is 2.22. The van der Waals surface area contributed by atoms with Crippen molar-refractivity contribution in [3.63, 3.8) is 0 Å². The summed E-state index contributed by atoms with van der Waals surface area (Å²) in [5.74, 6) is 3.57. The SMILES string of the molecule is CCNC(C)=O.COc1ccc2c(c1)C(c1ccc(SCc3cccc(O)c3)cc1)=NCc1nnc(C)n1-2. The molecule has 0 saturated heterocycles. The fraction of sp³-hybridized carbons (Fsp3) is 0.241. The van der Waals surface area contributed by atoms with Crippen molar-refractivity contribution >= 4 is 23.4 Å². The van der Waals surface area contributed by atoms with Crippen LogP contribution in [-0.2, 0) is 17.1 Å². The highest BCUT2D eigenvalue weighted by atomic mass is 32.2. The van der Waals surface area contributed by atoms with Crippen LogP contribution < -0.4 is 10.1 Å². The number of phenols is 1. The molecule has 0 radical (unpaired) electrons. The van der Waals surface area contributed by atoms with Gasteiger partial charge in [-0.3, -0.25) is 14.4 Å². The lowest BCUT2D eigenvalue weighted by Gasteiger charge is -2.14. The molecule has 9 heteroatoms. The summed E-state index contributed by atoms with van der Waals surface area (Å²) < 4.78 is 7.55. The van der Waals surface area contributed by atoms with Crippen LogP contribution in [0.1, 0.15) is 42.2 Å². The minimum absolute atomic E-state index is 0.0394. The van der Waals surface area contributed by atoms with E-state index < -0.39 is 0 Å². The number of aromatic hydroxyl groups is 1. The van der Waals surface area contributed by atoms with E-state index in [0.29, 0.717) is 12.3 Å². The van der Waals surface area contributed by atoms with Gasteiger partial charge in [-0.2, -0.15) is 0 Å². The van der Waals surface area contributed by atoms with Crippen molar-refractivity contribution in [3.8, 4) is 17.2 Å². The molecule has 2 heterocycles. The third-order valence-corrected chi connectivity index (χ3v) is 6.92. The maximum absolute atomic E-state index is 9.93. The van der Waals surface area contributed by atoms with Crippen molar-refractivity contribution in [2.24, 2.45) is 4.99 Å². The zero-order chi connectivity index (χ0) is 27.1. The van der Waals surface area contributed by atoms with Crippen molar-refractivity contribution < 1.29 is 14.6 Å². The predicted octanol–water partition coefficient (Wildman–Crippen LogP) is 5.08. The molecule has 4 aromatic rings. The van der Waals surface area contributed by atoms with Crippen molar-refractivity contribution in [1.29, 1.82) is 0 Å². The number of carbonyl (C=O) groups excluding carboxylic acids is 1. The van der Waals surface area contributed by atoms with Crippen molar-refractivity contribution in [2.45, 2.75) is 38.0 Å². The molecule has 5 rings (SSSR count). The Bertz CT molecular complexity index is 1450. The van der Waals surface area contributed by atoms with Gasteiger partial charge in [0.25, 0.3) is 0 Å². The van der Waals surface area contributed by atoms with E-state index in [1.165, 1.54) is 6.92 Å². The Morgan fingerprint density at radius 2 is 1.89 bits per heavy atom. The summed E-state index contributed by atoms with van der Waals surface area (Å²) in [4.78, 5) is 16.0. The first-order valence-electron chi connectivity index (χ1n) is 12.3. The van der Waals surface area contributed by atoms with Gasteiger partial charge in [0.2, 0.25) is 5.91 Å². The van der Waals surface area contributed by atoms with Gasteiger partial charge in [0.1, 0.15) is 23.9 Å². The van der Waals surface area contributed by atoms with Gasteiger partial charge in [-0.05, 0) is 61.9 Å². The molecule has 0 spiro atoms. The number of hydrogen-bond acceptors (Lipinski definition) is 7. The van der Waals surface area contributed by atoms with Crippen LogP contribution in [0.2, 0.25) is 0 Å². The van der Waals surface area contributed by atoms with Crippen LogP contribution in [0, 0.1) is 6.92 Å². The normalized spacial score (nSPS) is 11.7. The van der Waals surface area contributed by atoms with Gasteiger partial charge in [0.05, 0.1) is 18.5 Å². The van der Waals surface area contributed by atoms with Gasteiger partial charge in [-0.1, -0.05) is 24.3 Å². The summed E-state index contributed by atoms with van der Waals surface area (Å²) in [5, 5.41) is 20.8. The average molecular weight is 530 g/mol. The first-order chi connectivity index (χ1) is 18.4. The van der Waals surface area contributed by atoms with Crippen LogP contribution in [0.15, 0.2) is 76.6 Å². The van der Waals surface area contributed by atoms with Gasteiger partial charge in [-0.15, -0.1) is 22.0 Å². The molecule has 0 atom stereocenters. The Kier molecular flexibility index (Phi) is 8.81. The van der Waals surface area contributed by atoms with E-state index in [4.69, 9.17) is 9.73 Å². The Hall–Kier alpha value is -4.11. The summed E-state index contributed by atoms with van der Waals surface area (Å²) in [6.07, 6.45) is 0. The molecule has 0 saturated carbocycles. The number of aliphatic imine (C=N–C) groups is 1. The third-order valence-electron chi connectivity index (χ3n) is 5.84. The molecular formula is C29H31N5O3S. The second-order valence-corrected chi connectivity index (χ2v) is 9.66. The van der Waals surface area contributed by atoms with Gasteiger partial charge in [0, 0.05) is 35.2 Å². The number of fused-ring (bicyclic) bond motifs is 3. The highest BCUT2D eigenvalue weighted by Crippen LogP contribution is 2.30. The summed E-state index contributed by atoms with van der Waals surface area (Å²) in [6.45, 7) is 6.54. The summed E-state index contributed by atoms with van der Waals surface area (Å²) >= 11 is 1.73. The van der Waals surface area contributed by atoms with E-state index in [9.17, 15) is 9.90 Å². The number of aromatic nitrogens is 3. The number of methoxy groups -OCH3 is 1. The Morgan fingerprint density at radius 3 is 2.55 bits per heavy atom. The standard InChI is InChI=1S/C25H22N4O2S.C4H9NO/c1-16-27-28-24-14-26-25(22-13-20(31-2)8-11-23(22)29(16)24)18-6-9-21(10-7-18)32-15-17-4-3-5-19(30)12-17;1-3-5-4(2)6/h3-13,30H,14-15H2,1-2H3;3H2,1-2H3,(H,5,6). The number of hydrogen-bond donors (Lipinski definition) is 2.